The van der Waals surface area contributed by atoms with Gasteiger partial charge in [-0.1, -0.05) is 6.07 Å². The molecule has 24 heavy (non-hydrogen) atoms. The average Bonchev–Trinajstić information content (AvgIpc) is 3.30. The van der Waals surface area contributed by atoms with E-state index in [2.05, 4.69) is 10.2 Å². The van der Waals surface area contributed by atoms with Crippen molar-refractivity contribution in [2.75, 3.05) is 21.3 Å². The molecule has 0 aliphatic heterocycles. The van der Waals surface area contributed by atoms with Gasteiger partial charge < -0.3 is 18.6 Å². The molecule has 0 aliphatic rings. The summed E-state index contributed by atoms with van der Waals surface area (Å²) in [6.45, 7) is 0. The largest absolute Gasteiger partial charge is 0.493 e. The Bertz CT molecular complexity index is 815. The molecule has 0 spiro atoms. The molecular formula is C17H16N2O4S. The molecule has 3 aromatic rings. The number of rotatable bonds is 6. The highest BCUT2D eigenvalue weighted by Gasteiger charge is 2.17. The van der Waals surface area contributed by atoms with Crippen LogP contribution < -0.4 is 14.2 Å². The molecule has 0 unspecified atom stereocenters. The molecule has 0 fully saturated rings. The maximum absolute atomic E-state index is 5.68. The first-order chi connectivity index (χ1) is 11.7. The first kappa shape index (κ1) is 16.1. The van der Waals surface area contributed by atoms with Gasteiger partial charge in [0.25, 0.3) is 0 Å². The molecule has 7 heteroatoms. The molecule has 2 aromatic heterocycles. The standard InChI is InChI=1S/C17H16N2O4S/c1-20-13-9-11(10-14(21-2)16(13)22-3)17-19-18-15(23-17)7-6-12-5-4-8-24-12/h4-10H,1-3H3. The van der Waals surface area contributed by atoms with Crippen molar-refractivity contribution < 1.29 is 18.6 Å². The fourth-order valence-electron chi connectivity index (χ4n) is 2.16. The predicted molar refractivity (Wildman–Crippen MR) is 92.6 cm³/mol. The molecule has 0 saturated heterocycles. The lowest BCUT2D eigenvalue weighted by atomic mass is 10.2. The summed E-state index contributed by atoms with van der Waals surface area (Å²) < 4.78 is 21.7. The Morgan fingerprint density at radius 3 is 2.33 bits per heavy atom. The molecule has 2 heterocycles. The van der Waals surface area contributed by atoms with Crippen LogP contribution in [0, 0.1) is 0 Å². The number of ether oxygens (including phenoxy) is 3. The molecule has 124 valence electrons. The molecule has 0 bridgehead atoms. The minimum atomic E-state index is 0.375. The predicted octanol–water partition coefficient (Wildman–Crippen LogP) is 3.99. The lowest BCUT2D eigenvalue weighted by molar-refractivity contribution is 0.324. The van der Waals surface area contributed by atoms with Gasteiger partial charge in [-0.25, -0.2) is 0 Å². The lowest BCUT2D eigenvalue weighted by Crippen LogP contribution is -1.95. The van der Waals surface area contributed by atoms with Crippen LogP contribution in [0.1, 0.15) is 10.8 Å². The highest BCUT2D eigenvalue weighted by atomic mass is 32.1. The first-order valence-electron chi connectivity index (χ1n) is 7.10. The SMILES string of the molecule is COc1cc(-c2nnc(C=Cc3cccs3)o2)cc(OC)c1OC. The Hall–Kier alpha value is -2.80. The Morgan fingerprint density at radius 1 is 1.00 bits per heavy atom. The molecule has 0 amide bonds. The third kappa shape index (κ3) is 3.26. The number of methoxy groups -OCH3 is 3. The molecule has 0 N–H and O–H groups in total. The van der Waals surface area contributed by atoms with Crippen molar-refractivity contribution in [3.63, 3.8) is 0 Å². The maximum atomic E-state index is 5.68. The zero-order chi connectivity index (χ0) is 16.9. The third-order valence-electron chi connectivity index (χ3n) is 3.29. The van der Waals surface area contributed by atoms with Crippen molar-refractivity contribution in [3.05, 3.63) is 40.4 Å². The van der Waals surface area contributed by atoms with Crippen molar-refractivity contribution in [1.29, 1.82) is 0 Å². The highest BCUT2D eigenvalue weighted by molar-refractivity contribution is 7.10. The summed E-state index contributed by atoms with van der Waals surface area (Å²) in [5, 5.41) is 10.1. The van der Waals surface area contributed by atoms with Crippen molar-refractivity contribution in [1.82, 2.24) is 10.2 Å². The molecular weight excluding hydrogens is 328 g/mol. The number of hydrogen-bond donors (Lipinski definition) is 0. The summed E-state index contributed by atoms with van der Waals surface area (Å²) in [6.07, 6.45) is 3.71. The topological polar surface area (TPSA) is 66.6 Å². The number of nitrogens with zero attached hydrogens (tertiary/aromatic N) is 2. The van der Waals surface area contributed by atoms with Crippen LogP contribution in [0.15, 0.2) is 34.1 Å². The first-order valence-corrected chi connectivity index (χ1v) is 7.98. The summed E-state index contributed by atoms with van der Waals surface area (Å²) in [5.41, 5.74) is 0.688. The minimum Gasteiger partial charge on any atom is -0.493 e. The third-order valence-corrected chi connectivity index (χ3v) is 4.12. The fraction of sp³-hybridized carbons (Fsp3) is 0.176. The van der Waals surface area contributed by atoms with Crippen LogP contribution in [0.4, 0.5) is 0 Å². The second kappa shape index (κ2) is 7.18. The van der Waals surface area contributed by atoms with Gasteiger partial charge in [0, 0.05) is 16.5 Å². The second-order valence-electron chi connectivity index (χ2n) is 4.71. The number of hydrogen-bond acceptors (Lipinski definition) is 7. The molecule has 0 saturated carbocycles. The fourth-order valence-corrected chi connectivity index (χ4v) is 2.78. The van der Waals surface area contributed by atoms with E-state index >= 15 is 0 Å². The molecule has 1 aromatic carbocycles. The summed E-state index contributed by atoms with van der Waals surface area (Å²) in [5.74, 6) is 2.37. The summed E-state index contributed by atoms with van der Waals surface area (Å²) in [7, 11) is 4.67. The van der Waals surface area contributed by atoms with E-state index in [-0.39, 0.29) is 0 Å². The van der Waals surface area contributed by atoms with Crippen LogP contribution >= 0.6 is 11.3 Å². The van der Waals surface area contributed by atoms with E-state index in [1.807, 2.05) is 23.6 Å². The van der Waals surface area contributed by atoms with E-state index < -0.39 is 0 Å². The Morgan fingerprint density at radius 2 is 1.75 bits per heavy atom. The van der Waals surface area contributed by atoms with Crippen molar-refractivity contribution >= 4 is 23.5 Å². The second-order valence-corrected chi connectivity index (χ2v) is 5.69. The van der Waals surface area contributed by atoms with Gasteiger partial charge >= 0.3 is 0 Å². The zero-order valence-electron chi connectivity index (χ0n) is 13.5. The van der Waals surface area contributed by atoms with E-state index in [4.69, 9.17) is 18.6 Å². The van der Waals surface area contributed by atoms with Gasteiger partial charge in [-0.2, -0.15) is 0 Å². The Balaban J connectivity index is 1.92. The van der Waals surface area contributed by atoms with E-state index in [0.29, 0.717) is 34.6 Å². The van der Waals surface area contributed by atoms with Gasteiger partial charge in [0.05, 0.1) is 21.3 Å². The summed E-state index contributed by atoms with van der Waals surface area (Å²) in [4.78, 5) is 1.11. The van der Waals surface area contributed by atoms with Crippen LogP contribution in [0.25, 0.3) is 23.6 Å². The number of aromatic nitrogens is 2. The van der Waals surface area contributed by atoms with E-state index in [9.17, 15) is 0 Å². The zero-order valence-corrected chi connectivity index (χ0v) is 14.3. The van der Waals surface area contributed by atoms with Gasteiger partial charge in [-0.3, -0.25) is 0 Å². The monoisotopic (exact) mass is 344 g/mol. The van der Waals surface area contributed by atoms with Crippen LogP contribution in [0.2, 0.25) is 0 Å². The van der Waals surface area contributed by atoms with Crippen LogP contribution in [-0.2, 0) is 0 Å². The van der Waals surface area contributed by atoms with E-state index in [1.165, 1.54) is 0 Å². The number of benzene rings is 1. The number of thiophene rings is 1. The lowest BCUT2D eigenvalue weighted by Gasteiger charge is -2.12. The summed E-state index contributed by atoms with van der Waals surface area (Å²) in [6, 6.07) is 7.53. The average molecular weight is 344 g/mol. The van der Waals surface area contributed by atoms with Gasteiger partial charge in [-0.15, -0.1) is 21.5 Å². The molecule has 0 aliphatic carbocycles. The van der Waals surface area contributed by atoms with Crippen LogP contribution in [-0.4, -0.2) is 31.5 Å². The minimum absolute atomic E-state index is 0.375. The normalized spacial score (nSPS) is 11.0. The van der Waals surface area contributed by atoms with E-state index in [0.717, 1.165) is 4.88 Å². The van der Waals surface area contributed by atoms with Crippen molar-refractivity contribution in [3.8, 4) is 28.7 Å². The van der Waals surface area contributed by atoms with E-state index in [1.54, 1.807) is 50.9 Å². The molecule has 0 radical (unpaired) electrons. The molecule has 0 atom stereocenters. The summed E-state index contributed by atoms with van der Waals surface area (Å²) >= 11 is 1.64. The van der Waals surface area contributed by atoms with Gasteiger partial charge in [0.15, 0.2) is 11.5 Å². The molecule has 6 nitrogen and oxygen atoms in total. The Labute approximate surface area is 143 Å². The van der Waals surface area contributed by atoms with Gasteiger partial charge in [0.2, 0.25) is 17.5 Å². The van der Waals surface area contributed by atoms with Crippen molar-refractivity contribution in [2.24, 2.45) is 0 Å². The van der Waals surface area contributed by atoms with Crippen LogP contribution in [0.5, 0.6) is 17.2 Å². The Kier molecular flexibility index (Phi) is 4.81. The van der Waals surface area contributed by atoms with Crippen molar-refractivity contribution in [2.45, 2.75) is 0 Å². The quantitative estimate of drug-likeness (QED) is 0.673. The maximum Gasteiger partial charge on any atom is 0.248 e. The molecule has 3 rings (SSSR count). The highest BCUT2D eigenvalue weighted by Crippen LogP contribution is 2.40. The smallest absolute Gasteiger partial charge is 0.248 e. The van der Waals surface area contributed by atoms with Gasteiger partial charge in [0.1, 0.15) is 0 Å². The van der Waals surface area contributed by atoms with Crippen LogP contribution in [0.3, 0.4) is 0 Å². The van der Waals surface area contributed by atoms with Gasteiger partial charge in [-0.05, 0) is 29.7 Å².